The molecule has 0 radical (unpaired) electrons. The number of hydrogen-bond donors (Lipinski definition) is 1. The molecule has 0 saturated heterocycles. The molecule has 1 heterocycles. The van der Waals surface area contributed by atoms with Crippen molar-refractivity contribution in [2.24, 2.45) is 0 Å². The number of nitrogens with one attached hydrogen (secondary N) is 1. The number of carbonyl (C=O) groups is 1. The van der Waals surface area contributed by atoms with Crippen molar-refractivity contribution in [1.82, 2.24) is 10.5 Å². The summed E-state index contributed by atoms with van der Waals surface area (Å²) < 4.78 is 4.75. The van der Waals surface area contributed by atoms with Gasteiger partial charge in [0.2, 0.25) is 0 Å². The van der Waals surface area contributed by atoms with Gasteiger partial charge in [-0.2, -0.15) is 5.26 Å². The topological polar surface area (TPSA) is 78.9 Å². The molecule has 1 N–H and O–H groups in total. The molecule has 0 unspecified atom stereocenters. The van der Waals surface area contributed by atoms with Crippen LogP contribution in [0.25, 0.3) is 0 Å². The quantitative estimate of drug-likeness (QED) is 0.724. The zero-order valence-corrected chi connectivity index (χ0v) is 7.91. The first-order valence-electron chi connectivity index (χ1n) is 4.32. The second-order valence-electron chi connectivity index (χ2n) is 2.81. The average molecular weight is 193 g/mol. The van der Waals surface area contributed by atoms with Gasteiger partial charge in [-0.05, 0) is 13.3 Å². The van der Waals surface area contributed by atoms with Crippen molar-refractivity contribution in [2.75, 3.05) is 6.54 Å². The van der Waals surface area contributed by atoms with Crippen LogP contribution in [-0.2, 0) is 0 Å². The maximum atomic E-state index is 11.4. The summed E-state index contributed by atoms with van der Waals surface area (Å²) in [5, 5.41) is 14.4. The van der Waals surface area contributed by atoms with Crippen molar-refractivity contribution in [1.29, 1.82) is 5.26 Å². The number of aromatic nitrogens is 1. The van der Waals surface area contributed by atoms with Crippen LogP contribution < -0.4 is 5.32 Å². The lowest BCUT2D eigenvalue weighted by Gasteiger charge is -2.00. The van der Waals surface area contributed by atoms with E-state index in [4.69, 9.17) is 9.78 Å². The lowest BCUT2D eigenvalue weighted by molar-refractivity contribution is 0.0952. The molecular weight excluding hydrogens is 182 g/mol. The van der Waals surface area contributed by atoms with Gasteiger partial charge in [0, 0.05) is 13.0 Å². The van der Waals surface area contributed by atoms with Gasteiger partial charge >= 0.3 is 0 Å². The van der Waals surface area contributed by atoms with E-state index in [9.17, 15) is 4.79 Å². The lowest BCUT2D eigenvalue weighted by Crippen LogP contribution is -2.24. The molecule has 0 saturated carbocycles. The third kappa shape index (κ3) is 2.59. The minimum atomic E-state index is -0.207. The lowest BCUT2D eigenvalue weighted by atomic mass is 10.2. The predicted octanol–water partition coefficient (Wildman–Crippen LogP) is 1.02. The Labute approximate surface area is 81.7 Å². The maximum absolute atomic E-state index is 11.4. The SMILES string of the molecule is Cc1oncc1C(=O)NCCCC#N. The molecule has 1 amide bonds. The van der Waals surface area contributed by atoms with E-state index in [-0.39, 0.29) is 5.91 Å². The summed E-state index contributed by atoms with van der Waals surface area (Å²) in [5.41, 5.74) is 0.446. The molecule has 74 valence electrons. The molecule has 0 spiro atoms. The van der Waals surface area contributed by atoms with Crippen molar-refractivity contribution < 1.29 is 9.32 Å². The van der Waals surface area contributed by atoms with Crippen molar-refractivity contribution >= 4 is 5.91 Å². The van der Waals surface area contributed by atoms with E-state index in [2.05, 4.69) is 10.5 Å². The number of nitrogens with zero attached hydrogens (tertiary/aromatic N) is 2. The summed E-state index contributed by atoms with van der Waals surface area (Å²) in [7, 11) is 0. The Hall–Kier alpha value is -1.83. The van der Waals surface area contributed by atoms with Crippen LogP contribution in [0.15, 0.2) is 10.7 Å². The molecule has 14 heavy (non-hydrogen) atoms. The highest BCUT2D eigenvalue weighted by atomic mass is 16.5. The third-order valence-corrected chi connectivity index (χ3v) is 1.75. The molecule has 0 bridgehead atoms. The maximum Gasteiger partial charge on any atom is 0.256 e. The summed E-state index contributed by atoms with van der Waals surface area (Å²) in [5.74, 6) is 0.296. The van der Waals surface area contributed by atoms with Crippen LogP contribution in [0.4, 0.5) is 0 Å². The Morgan fingerprint density at radius 1 is 1.79 bits per heavy atom. The first kappa shape index (κ1) is 10.3. The predicted molar refractivity (Wildman–Crippen MR) is 48.4 cm³/mol. The van der Waals surface area contributed by atoms with Gasteiger partial charge in [0.15, 0.2) is 0 Å². The summed E-state index contributed by atoms with van der Waals surface area (Å²) in [6.45, 7) is 2.17. The fraction of sp³-hybridized carbons (Fsp3) is 0.444. The Bertz CT molecular complexity index is 351. The highest BCUT2D eigenvalue weighted by Crippen LogP contribution is 2.04. The normalized spacial score (nSPS) is 9.43. The molecule has 5 nitrogen and oxygen atoms in total. The zero-order valence-electron chi connectivity index (χ0n) is 7.91. The number of nitriles is 1. The highest BCUT2D eigenvalue weighted by molar-refractivity contribution is 5.94. The van der Waals surface area contributed by atoms with E-state index in [1.54, 1.807) is 6.92 Å². The van der Waals surface area contributed by atoms with Gasteiger partial charge in [-0.3, -0.25) is 4.79 Å². The van der Waals surface area contributed by atoms with Crippen LogP contribution in [0.2, 0.25) is 0 Å². The van der Waals surface area contributed by atoms with Gasteiger partial charge in [-0.25, -0.2) is 0 Å². The van der Waals surface area contributed by atoms with Crippen molar-refractivity contribution in [2.45, 2.75) is 19.8 Å². The van der Waals surface area contributed by atoms with Crippen LogP contribution in [0.5, 0.6) is 0 Å². The van der Waals surface area contributed by atoms with Crippen molar-refractivity contribution in [3.8, 4) is 6.07 Å². The van der Waals surface area contributed by atoms with E-state index >= 15 is 0 Å². The molecule has 0 aliphatic rings. The second-order valence-corrected chi connectivity index (χ2v) is 2.81. The van der Waals surface area contributed by atoms with Crippen LogP contribution in [-0.4, -0.2) is 17.6 Å². The highest BCUT2D eigenvalue weighted by Gasteiger charge is 2.11. The summed E-state index contributed by atoms with van der Waals surface area (Å²) in [6, 6.07) is 2.01. The van der Waals surface area contributed by atoms with Crippen LogP contribution in [0, 0.1) is 18.3 Å². The minimum Gasteiger partial charge on any atom is -0.361 e. The van der Waals surface area contributed by atoms with Crippen LogP contribution >= 0.6 is 0 Å². The summed E-state index contributed by atoms with van der Waals surface area (Å²) in [6.07, 6.45) is 2.49. The van der Waals surface area contributed by atoms with Crippen molar-refractivity contribution in [3.63, 3.8) is 0 Å². The number of unbranched alkanes of at least 4 members (excludes halogenated alkanes) is 1. The van der Waals surface area contributed by atoms with E-state index in [0.717, 1.165) is 0 Å². The van der Waals surface area contributed by atoms with Crippen LogP contribution in [0.3, 0.4) is 0 Å². The fourth-order valence-electron chi connectivity index (χ4n) is 0.981. The zero-order chi connectivity index (χ0) is 10.4. The van der Waals surface area contributed by atoms with E-state index in [1.807, 2.05) is 6.07 Å². The molecule has 0 fully saturated rings. The number of carbonyl (C=O) groups excluding carboxylic acids is 1. The molecule has 0 aromatic carbocycles. The molecule has 1 aromatic heterocycles. The van der Waals surface area contributed by atoms with E-state index < -0.39 is 0 Å². The Morgan fingerprint density at radius 2 is 2.57 bits per heavy atom. The number of aryl methyl sites for hydroxylation is 1. The monoisotopic (exact) mass is 193 g/mol. The van der Waals surface area contributed by atoms with Gasteiger partial charge in [0.25, 0.3) is 5.91 Å². The van der Waals surface area contributed by atoms with Gasteiger partial charge in [0.05, 0.1) is 12.3 Å². The Balaban J connectivity index is 2.37. The first-order chi connectivity index (χ1) is 6.75. The van der Waals surface area contributed by atoms with Gasteiger partial charge < -0.3 is 9.84 Å². The smallest absolute Gasteiger partial charge is 0.256 e. The molecular formula is C9H11N3O2. The largest absolute Gasteiger partial charge is 0.361 e. The minimum absolute atomic E-state index is 0.207. The number of hydrogen-bond acceptors (Lipinski definition) is 4. The second kappa shape index (κ2) is 5.02. The Morgan fingerprint density at radius 3 is 3.14 bits per heavy atom. The summed E-state index contributed by atoms with van der Waals surface area (Å²) in [4.78, 5) is 11.4. The molecule has 0 aliphatic carbocycles. The van der Waals surface area contributed by atoms with Crippen molar-refractivity contribution in [3.05, 3.63) is 17.5 Å². The third-order valence-electron chi connectivity index (χ3n) is 1.75. The number of rotatable bonds is 4. The van der Waals surface area contributed by atoms with E-state index in [1.165, 1.54) is 6.20 Å². The molecule has 1 aromatic rings. The number of amides is 1. The standard InChI is InChI=1S/C9H11N3O2/c1-7-8(6-12-14-7)9(13)11-5-3-2-4-10/h6H,2-3,5H2,1H3,(H,11,13). The van der Waals surface area contributed by atoms with E-state index in [0.29, 0.717) is 30.7 Å². The molecule has 0 aliphatic heterocycles. The first-order valence-corrected chi connectivity index (χ1v) is 4.32. The molecule has 0 atom stereocenters. The average Bonchev–Trinajstić information content (AvgIpc) is 2.59. The van der Waals surface area contributed by atoms with Gasteiger partial charge in [-0.15, -0.1) is 0 Å². The van der Waals surface area contributed by atoms with Gasteiger partial charge in [0.1, 0.15) is 11.3 Å². The fourth-order valence-corrected chi connectivity index (χ4v) is 0.981. The molecule has 5 heteroatoms. The van der Waals surface area contributed by atoms with Crippen LogP contribution in [0.1, 0.15) is 29.0 Å². The Kier molecular flexibility index (Phi) is 3.68. The van der Waals surface area contributed by atoms with Gasteiger partial charge in [-0.1, -0.05) is 5.16 Å². The molecule has 1 rings (SSSR count). The summed E-state index contributed by atoms with van der Waals surface area (Å²) >= 11 is 0.